The van der Waals surface area contributed by atoms with E-state index in [1.54, 1.807) is 0 Å². The van der Waals surface area contributed by atoms with E-state index in [1.165, 1.54) is 13.3 Å². The summed E-state index contributed by atoms with van der Waals surface area (Å²) in [6, 6.07) is 1.16. The summed E-state index contributed by atoms with van der Waals surface area (Å²) < 4.78 is 10.8. The van der Waals surface area contributed by atoms with Gasteiger partial charge in [0.1, 0.15) is 6.23 Å². The van der Waals surface area contributed by atoms with E-state index in [-0.39, 0.29) is 6.42 Å². The van der Waals surface area contributed by atoms with Gasteiger partial charge in [-0.1, -0.05) is 0 Å². The van der Waals surface area contributed by atoms with E-state index in [9.17, 15) is 19.5 Å². The number of hydrogen-bond acceptors (Lipinski definition) is 6. The van der Waals surface area contributed by atoms with Crippen molar-refractivity contribution in [2.75, 3.05) is 7.11 Å². The first-order valence-electron chi connectivity index (χ1n) is 5.25. The van der Waals surface area contributed by atoms with Gasteiger partial charge in [0.2, 0.25) is 0 Å². The van der Waals surface area contributed by atoms with Crippen molar-refractivity contribution < 1.29 is 19.4 Å². The summed E-state index contributed by atoms with van der Waals surface area (Å²) in [5, 5.41) is 9.65. The lowest BCUT2D eigenvalue weighted by molar-refractivity contribution is -0.159. The van der Waals surface area contributed by atoms with Crippen LogP contribution in [0.25, 0.3) is 0 Å². The van der Waals surface area contributed by atoms with Crippen molar-refractivity contribution in [3.8, 4) is 0 Å². The van der Waals surface area contributed by atoms with E-state index in [4.69, 9.17) is 4.74 Å². The van der Waals surface area contributed by atoms with Crippen LogP contribution in [0.1, 0.15) is 12.6 Å². The quantitative estimate of drug-likeness (QED) is 0.614. The predicted octanol–water partition coefficient (Wildman–Crippen LogP) is -1.64. The Hall–Kier alpha value is -1.93. The maximum absolute atomic E-state index is 11.5. The number of nitrogens with one attached hydrogen (secondary N) is 1. The highest BCUT2D eigenvalue weighted by Crippen LogP contribution is 2.27. The maximum Gasteiger partial charge on any atom is 0.337 e. The predicted molar refractivity (Wildman–Crippen MR) is 57.9 cm³/mol. The van der Waals surface area contributed by atoms with Crippen molar-refractivity contribution in [2.45, 2.75) is 24.9 Å². The lowest BCUT2D eigenvalue weighted by Crippen LogP contribution is -2.33. The minimum atomic E-state index is -1.13. The van der Waals surface area contributed by atoms with Gasteiger partial charge in [-0.05, 0) is 0 Å². The van der Waals surface area contributed by atoms with Crippen molar-refractivity contribution in [2.24, 2.45) is 0 Å². The Morgan fingerprint density at radius 2 is 2.33 bits per heavy atom. The summed E-state index contributed by atoms with van der Waals surface area (Å²) >= 11 is 0. The molecule has 1 aliphatic heterocycles. The number of carbonyl (C=O) groups excluding carboxylic acids is 1. The number of H-pyrrole nitrogens is 1. The summed E-state index contributed by atoms with van der Waals surface area (Å²) in [5.41, 5.74) is -1.19. The Labute approximate surface area is 101 Å². The first-order chi connectivity index (χ1) is 8.52. The molecule has 2 heterocycles. The topological polar surface area (TPSA) is 111 Å². The standard InChI is InChI=1S/C10H12N2O6/c1-17-9(15)8-5(13)4-7(18-8)12-3-2-6(14)11-10(12)16/h2-3,5,7-8,13H,4H2,1H3,(H,11,14,16)/t5-,7+,8-/m0/s1. The minimum Gasteiger partial charge on any atom is -0.467 e. The number of nitrogens with zero attached hydrogens (tertiary/aromatic N) is 1. The molecule has 1 aliphatic rings. The largest absolute Gasteiger partial charge is 0.467 e. The highest BCUT2D eigenvalue weighted by molar-refractivity contribution is 5.75. The molecule has 0 unspecified atom stereocenters. The Kier molecular flexibility index (Phi) is 3.30. The Balaban J connectivity index is 2.24. The third-order valence-corrected chi connectivity index (χ3v) is 2.69. The highest BCUT2D eigenvalue weighted by atomic mass is 16.6. The third kappa shape index (κ3) is 2.20. The molecule has 8 heteroatoms. The van der Waals surface area contributed by atoms with Crippen LogP contribution in [0.2, 0.25) is 0 Å². The van der Waals surface area contributed by atoms with Gasteiger partial charge in [0, 0.05) is 18.7 Å². The number of rotatable bonds is 2. The molecule has 0 radical (unpaired) electrons. The zero-order valence-electron chi connectivity index (χ0n) is 9.53. The van der Waals surface area contributed by atoms with Crippen LogP contribution < -0.4 is 11.2 Å². The molecule has 0 spiro atoms. The average Bonchev–Trinajstić information content (AvgIpc) is 2.70. The van der Waals surface area contributed by atoms with E-state index < -0.39 is 35.7 Å². The number of methoxy groups -OCH3 is 1. The molecule has 18 heavy (non-hydrogen) atoms. The third-order valence-electron chi connectivity index (χ3n) is 2.69. The molecular weight excluding hydrogens is 244 g/mol. The molecule has 1 saturated heterocycles. The molecule has 1 aromatic heterocycles. The lowest BCUT2D eigenvalue weighted by atomic mass is 10.2. The van der Waals surface area contributed by atoms with Crippen LogP contribution in [0.15, 0.2) is 21.9 Å². The number of aliphatic hydroxyl groups excluding tert-OH is 1. The smallest absolute Gasteiger partial charge is 0.337 e. The Bertz CT molecular complexity index is 562. The normalized spacial score (nSPS) is 27.1. The van der Waals surface area contributed by atoms with Gasteiger partial charge < -0.3 is 14.6 Å². The number of aromatic nitrogens is 2. The molecule has 0 bridgehead atoms. The molecule has 0 amide bonds. The molecule has 98 valence electrons. The van der Waals surface area contributed by atoms with Crippen LogP contribution >= 0.6 is 0 Å². The SMILES string of the molecule is COC(=O)[C@H]1O[C@@H](n2ccc(=O)[nH]c2=O)C[C@@H]1O. The number of aliphatic hydroxyl groups is 1. The summed E-state index contributed by atoms with van der Waals surface area (Å²) in [4.78, 5) is 35.8. The molecule has 8 nitrogen and oxygen atoms in total. The molecule has 0 aliphatic carbocycles. The maximum atomic E-state index is 11.5. The zero-order chi connectivity index (χ0) is 13.3. The fourth-order valence-electron chi connectivity index (χ4n) is 1.81. The van der Waals surface area contributed by atoms with Crippen LogP contribution in [0.4, 0.5) is 0 Å². The van der Waals surface area contributed by atoms with E-state index in [0.717, 1.165) is 10.6 Å². The van der Waals surface area contributed by atoms with Crippen molar-refractivity contribution in [1.82, 2.24) is 9.55 Å². The van der Waals surface area contributed by atoms with Crippen molar-refractivity contribution in [1.29, 1.82) is 0 Å². The van der Waals surface area contributed by atoms with Crippen molar-refractivity contribution in [3.63, 3.8) is 0 Å². The van der Waals surface area contributed by atoms with Gasteiger partial charge >= 0.3 is 11.7 Å². The number of aromatic amines is 1. The molecule has 1 fully saturated rings. The first kappa shape index (κ1) is 12.5. The Morgan fingerprint density at radius 1 is 1.61 bits per heavy atom. The van der Waals surface area contributed by atoms with E-state index in [0.29, 0.717) is 0 Å². The molecule has 3 atom stereocenters. The van der Waals surface area contributed by atoms with E-state index >= 15 is 0 Å². The molecule has 2 N–H and O–H groups in total. The minimum absolute atomic E-state index is 0.0612. The fourth-order valence-corrected chi connectivity index (χ4v) is 1.81. The van der Waals surface area contributed by atoms with Gasteiger partial charge in [-0.3, -0.25) is 14.3 Å². The second kappa shape index (κ2) is 4.75. The Morgan fingerprint density at radius 3 is 2.94 bits per heavy atom. The van der Waals surface area contributed by atoms with Gasteiger partial charge in [0.15, 0.2) is 6.10 Å². The van der Waals surface area contributed by atoms with Crippen LogP contribution in [-0.2, 0) is 14.3 Å². The molecule has 0 aromatic carbocycles. The van der Waals surface area contributed by atoms with Gasteiger partial charge in [-0.25, -0.2) is 9.59 Å². The molecular formula is C10H12N2O6. The van der Waals surface area contributed by atoms with Gasteiger partial charge in [0.25, 0.3) is 5.56 Å². The van der Waals surface area contributed by atoms with Crippen LogP contribution in [0, 0.1) is 0 Å². The average molecular weight is 256 g/mol. The summed E-state index contributed by atoms with van der Waals surface area (Å²) in [6.07, 6.45) is -1.68. The van der Waals surface area contributed by atoms with Gasteiger partial charge in [-0.2, -0.15) is 0 Å². The van der Waals surface area contributed by atoms with Gasteiger partial charge in [0.05, 0.1) is 13.2 Å². The number of carbonyl (C=O) groups is 1. The summed E-state index contributed by atoms with van der Waals surface area (Å²) in [5.74, 6) is -0.706. The monoisotopic (exact) mass is 256 g/mol. The lowest BCUT2D eigenvalue weighted by Gasteiger charge is -2.13. The zero-order valence-corrected chi connectivity index (χ0v) is 9.53. The first-order valence-corrected chi connectivity index (χ1v) is 5.25. The molecule has 2 rings (SSSR count). The summed E-state index contributed by atoms with van der Waals surface area (Å²) in [7, 11) is 1.18. The number of ether oxygens (including phenoxy) is 2. The second-order valence-electron chi connectivity index (χ2n) is 3.85. The second-order valence-corrected chi connectivity index (χ2v) is 3.85. The van der Waals surface area contributed by atoms with Crippen molar-refractivity contribution in [3.05, 3.63) is 33.1 Å². The molecule has 1 aromatic rings. The van der Waals surface area contributed by atoms with Crippen LogP contribution in [-0.4, -0.2) is 39.9 Å². The van der Waals surface area contributed by atoms with E-state index in [2.05, 4.69) is 9.72 Å². The molecule has 0 saturated carbocycles. The number of hydrogen-bond donors (Lipinski definition) is 2. The summed E-state index contributed by atoms with van der Waals surface area (Å²) in [6.45, 7) is 0. The van der Waals surface area contributed by atoms with Crippen LogP contribution in [0.3, 0.4) is 0 Å². The van der Waals surface area contributed by atoms with Crippen LogP contribution in [0.5, 0.6) is 0 Å². The number of esters is 1. The highest BCUT2D eigenvalue weighted by Gasteiger charge is 2.40. The van der Waals surface area contributed by atoms with Crippen molar-refractivity contribution >= 4 is 5.97 Å². The van der Waals surface area contributed by atoms with E-state index in [1.807, 2.05) is 0 Å². The van der Waals surface area contributed by atoms with Gasteiger partial charge in [-0.15, -0.1) is 0 Å². The fraction of sp³-hybridized carbons (Fsp3) is 0.500.